The van der Waals surface area contributed by atoms with E-state index >= 15 is 0 Å². The zero-order valence-corrected chi connectivity index (χ0v) is 17.5. The number of carbonyl (C=O) groups is 2. The third-order valence-electron chi connectivity index (χ3n) is 4.09. The molecule has 3 rings (SSSR count). The number of para-hydroxylation sites is 3. The van der Waals surface area contributed by atoms with Gasteiger partial charge in [-0.25, -0.2) is 4.99 Å². The van der Waals surface area contributed by atoms with E-state index in [9.17, 15) is 9.59 Å². The van der Waals surface area contributed by atoms with E-state index in [2.05, 4.69) is 15.6 Å². The molecule has 2 aromatic rings. The summed E-state index contributed by atoms with van der Waals surface area (Å²) in [4.78, 5) is 29.0. The summed E-state index contributed by atoms with van der Waals surface area (Å²) < 4.78 is 4.77. The number of nitrogens with one attached hydrogen (secondary N) is 2. The van der Waals surface area contributed by atoms with E-state index in [0.29, 0.717) is 21.5 Å². The van der Waals surface area contributed by atoms with Crippen LogP contribution in [0.5, 0.6) is 0 Å². The smallest absolute Gasteiger partial charge is 0.311 e. The number of amides is 1. The lowest BCUT2D eigenvalue weighted by atomic mass is 10.2. The molecule has 0 saturated carbocycles. The van der Waals surface area contributed by atoms with Crippen molar-refractivity contribution < 1.29 is 14.3 Å². The van der Waals surface area contributed by atoms with E-state index in [-0.39, 0.29) is 18.3 Å². The fraction of sp³-hybridized carbons (Fsp3) is 0.190. The monoisotopic (exact) mass is 429 g/mol. The number of nitrogens with zero attached hydrogens (tertiary/aromatic N) is 1. The molecule has 1 aliphatic heterocycles. The molecule has 2 N–H and O–H groups in total. The normalized spacial score (nSPS) is 13.8. The molecule has 1 amide bonds. The van der Waals surface area contributed by atoms with Gasteiger partial charge < -0.3 is 15.4 Å². The number of methoxy groups -OCH3 is 1. The summed E-state index contributed by atoms with van der Waals surface area (Å²) in [5.41, 5.74) is 2.71. The highest BCUT2D eigenvalue weighted by Gasteiger charge is 2.20. The van der Waals surface area contributed by atoms with Gasteiger partial charge in [-0.1, -0.05) is 47.6 Å². The highest BCUT2D eigenvalue weighted by atomic mass is 35.5. The third-order valence-corrected chi connectivity index (χ3v) is 5.44. The molecule has 2 aromatic carbocycles. The Kier molecular flexibility index (Phi) is 6.95. The Morgan fingerprint density at radius 2 is 1.93 bits per heavy atom. The number of rotatable bonds is 5. The minimum Gasteiger partial charge on any atom is -0.469 e. The first-order valence-corrected chi connectivity index (χ1v) is 10.2. The van der Waals surface area contributed by atoms with E-state index in [1.165, 1.54) is 18.9 Å². The van der Waals surface area contributed by atoms with Gasteiger partial charge in [0.2, 0.25) is 5.91 Å². The van der Waals surface area contributed by atoms with E-state index in [1.807, 2.05) is 24.3 Å². The molecular formula is C21H20ClN3O3S. The van der Waals surface area contributed by atoms with Crippen LogP contribution in [-0.4, -0.2) is 29.3 Å². The van der Waals surface area contributed by atoms with Gasteiger partial charge in [-0.3, -0.25) is 9.59 Å². The standard InChI is InChI=1S/C21H20ClN3O3S/c1-13(21(27)25-16-8-4-3-7-15(16)22)29-19-11-14(12-20(26)28-2)23-17-9-5-6-10-18(17)24-19/h3-11,13,23H,12H2,1-2H3,(H,25,27). The number of hydrogen-bond donors (Lipinski definition) is 2. The maximum atomic E-state index is 12.6. The Morgan fingerprint density at radius 1 is 1.21 bits per heavy atom. The molecule has 6 nitrogen and oxygen atoms in total. The molecule has 0 saturated heterocycles. The van der Waals surface area contributed by atoms with Gasteiger partial charge in [-0.05, 0) is 37.3 Å². The number of halogens is 1. The highest BCUT2D eigenvalue weighted by molar-refractivity contribution is 8.15. The topological polar surface area (TPSA) is 79.8 Å². The molecule has 0 bridgehead atoms. The molecule has 1 unspecified atom stereocenters. The van der Waals surface area contributed by atoms with Crippen LogP contribution in [0.3, 0.4) is 0 Å². The van der Waals surface area contributed by atoms with Gasteiger partial charge in [-0.15, -0.1) is 0 Å². The Balaban J connectivity index is 1.80. The van der Waals surface area contributed by atoms with Crippen molar-refractivity contribution in [3.05, 3.63) is 65.3 Å². The van der Waals surface area contributed by atoms with Crippen LogP contribution in [0.15, 0.2) is 65.3 Å². The molecule has 0 radical (unpaired) electrons. The quantitative estimate of drug-likeness (QED) is 0.653. The fourth-order valence-electron chi connectivity index (χ4n) is 2.60. The van der Waals surface area contributed by atoms with Crippen LogP contribution in [0, 0.1) is 0 Å². The molecule has 0 spiro atoms. The van der Waals surface area contributed by atoms with Crippen molar-refractivity contribution in [3.63, 3.8) is 0 Å². The lowest BCUT2D eigenvalue weighted by molar-refractivity contribution is -0.139. The van der Waals surface area contributed by atoms with Crippen LogP contribution >= 0.6 is 23.4 Å². The average Bonchev–Trinajstić information content (AvgIpc) is 2.87. The summed E-state index contributed by atoms with van der Waals surface area (Å²) in [6, 6.07) is 14.6. The van der Waals surface area contributed by atoms with Crippen molar-refractivity contribution in [3.8, 4) is 0 Å². The lowest BCUT2D eigenvalue weighted by Gasteiger charge is -2.13. The van der Waals surface area contributed by atoms with E-state index in [0.717, 1.165) is 11.4 Å². The van der Waals surface area contributed by atoms with E-state index in [1.54, 1.807) is 37.3 Å². The van der Waals surface area contributed by atoms with Crippen LogP contribution < -0.4 is 10.6 Å². The van der Waals surface area contributed by atoms with Gasteiger partial charge in [0, 0.05) is 5.70 Å². The SMILES string of the molecule is COC(=O)CC1=CC(SC(C)C(=O)Nc2ccccc2Cl)=Nc2ccccc2N1. The molecule has 29 heavy (non-hydrogen) atoms. The second-order valence-corrected chi connectivity index (χ2v) is 8.01. The average molecular weight is 430 g/mol. The van der Waals surface area contributed by atoms with Crippen molar-refractivity contribution in [1.82, 2.24) is 0 Å². The molecular weight excluding hydrogens is 410 g/mol. The number of esters is 1. The first-order valence-electron chi connectivity index (χ1n) is 8.90. The van der Waals surface area contributed by atoms with E-state index < -0.39 is 5.25 Å². The minimum absolute atomic E-state index is 0.0740. The van der Waals surface area contributed by atoms with Crippen molar-refractivity contribution in [2.24, 2.45) is 4.99 Å². The number of benzene rings is 2. The Hall–Kier alpha value is -2.77. The zero-order valence-electron chi connectivity index (χ0n) is 15.9. The number of ether oxygens (including phenoxy) is 1. The van der Waals surface area contributed by atoms with Crippen molar-refractivity contribution in [2.75, 3.05) is 17.7 Å². The number of fused-ring (bicyclic) bond motifs is 1. The van der Waals surface area contributed by atoms with Crippen LogP contribution in [-0.2, 0) is 14.3 Å². The Morgan fingerprint density at radius 3 is 2.69 bits per heavy atom. The summed E-state index contributed by atoms with van der Waals surface area (Å²) in [6.45, 7) is 1.79. The van der Waals surface area contributed by atoms with Gasteiger partial charge in [0.15, 0.2) is 0 Å². The van der Waals surface area contributed by atoms with Crippen LogP contribution in [0.2, 0.25) is 5.02 Å². The zero-order chi connectivity index (χ0) is 20.8. The van der Waals surface area contributed by atoms with Crippen molar-refractivity contribution in [1.29, 1.82) is 0 Å². The summed E-state index contributed by atoms with van der Waals surface area (Å²) in [7, 11) is 1.35. The predicted octanol–water partition coefficient (Wildman–Crippen LogP) is 5.00. The number of aliphatic imine (C=N–C) groups is 1. The summed E-state index contributed by atoms with van der Waals surface area (Å²) in [5.74, 6) is -0.559. The maximum absolute atomic E-state index is 12.6. The Bertz CT molecular complexity index is 991. The first kappa shape index (κ1) is 21.0. The third kappa shape index (κ3) is 5.62. The van der Waals surface area contributed by atoms with Gasteiger partial charge in [0.25, 0.3) is 0 Å². The van der Waals surface area contributed by atoms with Crippen molar-refractivity contribution in [2.45, 2.75) is 18.6 Å². The minimum atomic E-state index is -0.439. The van der Waals surface area contributed by atoms with Crippen LogP contribution in [0.25, 0.3) is 0 Å². The van der Waals surface area contributed by atoms with Gasteiger partial charge in [0.1, 0.15) is 0 Å². The van der Waals surface area contributed by atoms with Gasteiger partial charge in [-0.2, -0.15) is 0 Å². The summed E-state index contributed by atoms with van der Waals surface area (Å²) in [5, 5.41) is 6.70. The highest BCUT2D eigenvalue weighted by Crippen LogP contribution is 2.32. The second kappa shape index (κ2) is 9.62. The lowest BCUT2D eigenvalue weighted by Crippen LogP contribution is -2.23. The number of carbonyl (C=O) groups excluding carboxylic acids is 2. The molecule has 1 heterocycles. The van der Waals surface area contributed by atoms with Gasteiger partial charge in [0.05, 0.1) is 45.9 Å². The molecule has 0 aliphatic carbocycles. The van der Waals surface area contributed by atoms with E-state index in [4.69, 9.17) is 16.3 Å². The second-order valence-electron chi connectivity index (χ2n) is 6.24. The largest absolute Gasteiger partial charge is 0.469 e. The van der Waals surface area contributed by atoms with Gasteiger partial charge >= 0.3 is 5.97 Å². The Labute approximate surface area is 178 Å². The molecule has 1 aliphatic rings. The molecule has 8 heteroatoms. The number of anilines is 2. The van der Waals surface area contributed by atoms with Crippen molar-refractivity contribution >= 4 is 57.3 Å². The molecule has 0 aromatic heterocycles. The molecule has 1 atom stereocenters. The molecule has 150 valence electrons. The summed E-state index contributed by atoms with van der Waals surface area (Å²) >= 11 is 7.41. The molecule has 0 fully saturated rings. The fourth-order valence-corrected chi connectivity index (χ4v) is 3.67. The predicted molar refractivity (Wildman–Crippen MR) is 119 cm³/mol. The summed E-state index contributed by atoms with van der Waals surface area (Å²) in [6.07, 6.45) is 1.84. The number of hydrogen-bond acceptors (Lipinski definition) is 6. The first-order chi connectivity index (χ1) is 14.0. The maximum Gasteiger partial charge on any atom is 0.311 e. The number of thioether (sulfide) groups is 1. The van der Waals surface area contributed by atoms with Crippen LogP contribution in [0.1, 0.15) is 13.3 Å². The van der Waals surface area contributed by atoms with Crippen LogP contribution in [0.4, 0.5) is 17.1 Å².